The number of hydrogen-bond acceptors (Lipinski definition) is 7. The number of carbonyl (C=O) groups excluding carboxylic acids is 2. The zero-order valence-corrected chi connectivity index (χ0v) is 19.8. The summed E-state index contributed by atoms with van der Waals surface area (Å²) in [4.78, 5) is 29.0. The van der Waals surface area contributed by atoms with Crippen molar-refractivity contribution in [2.75, 3.05) is 19.8 Å². The fourth-order valence-corrected chi connectivity index (χ4v) is 5.68. The molecule has 1 saturated carbocycles. The number of nitrogen functional groups attached to an aromatic ring is 1. The van der Waals surface area contributed by atoms with Crippen molar-refractivity contribution in [3.63, 3.8) is 0 Å². The largest absolute Gasteiger partial charge is 0.454 e. The molecule has 3 unspecified atom stereocenters. The van der Waals surface area contributed by atoms with Gasteiger partial charge in [0, 0.05) is 16.8 Å². The lowest BCUT2D eigenvalue weighted by molar-refractivity contribution is -0.177. The number of ether oxygens (including phenoxy) is 1. The highest BCUT2D eigenvalue weighted by Crippen LogP contribution is 2.59. The van der Waals surface area contributed by atoms with Gasteiger partial charge in [0.2, 0.25) is 17.2 Å². The first-order valence-electron chi connectivity index (χ1n) is 11.7. The maximum Gasteiger partial charge on any atom is 0.271 e. The number of anilines is 1. The number of hydrogen-bond donors (Lipinski definition) is 4. The fourth-order valence-electron chi connectivity index (χ4n) is 5.68. The zero-order chi connectivity index (χ0) is 24.6. The monoisotopic (exact) mass is 465 g/mol. The molecule has 2 aromatic carbocycles. The number of aliphatic hydroxyl groups is 2. The Morgan fingerprint density at radius 2 is 1.91 bits per heavy atom. The zero-order valence-electron chi connectivity index (χ0n) is 19.8. The molecule has 0 spiro atoms. The summed E-state index contributed by atoms with van der Waals surface area (Å²) >= 11 is 0. The van der Waals surface area contributed by atoms with Crippen LogP contribution in [0.2, 0.25) is 0 Å². The predicted octanol–water partition coefficient (Wildman–Crippen LogP) is 1.84. The molecule has 5 rings (SSSR count). The number of benzene rings is 2. The van der Waals surface area contributed by atoms with Crippen LogP contribution in [0, 0.1) is 5.92 Å². The molecule has 1 heterocycles. The smallest absolute Gasteiger partial charge is 0.271 e. The van der Waals surface area contributed by atoms with E-state index in [4.69, 9.17) is 10.5 Å². The third-order valence-corrected chi connectivity index (χ3v) is 7.65. The van der Waals surface area contributed by atoms with Crippen LogP contribution in [0.15, 0.2) is 36.4 Å². The van der Waals surface area contributed by atoms with Crippen LogP contribution in [0.5, 0.6) is 5.75 Å². The van der Waals surface area contributed by atoms with E-state index >= 15 is 0 Å². The number of Topliss-reactive ketones (excluding diaryl/α,β-unsaturated/α-hetero) is 1. The molecule has 5 atom stereocenters. The van der Waals surface area contributed by atoms with E-state index in [2.05, 4.69) is 12.2 Å². The van der Waals surface area contributed by atoms with E-state index in [0.29, 0.717) is 23.1 Å². The highest BCUT2D eigenvalue weighted by atomic mass is 16.6. The van der Waals surface area contributed by atoms with Crippen LogP contribution in [0.3, 0.4) is 0 Å². The quantitative estimate of drug-likeness (QED) is 0.480. The second-order valence-corrected chi connectivity index (χ2v) is 10.1. The van der Waals surface area contributed by atoms with Crippen molar-refractivity contribution in [2.24, 2.45) is 5.92 Å². The molecule has 8 nitrogen and oxygen atoms in total. The van der Waals surface area contributed by atoms with Crippen LogP contribution in [-0.2, 0) is 16.1 Å². The summed E-state index contributed by atoms with van der Waals surface area (Å²) in [5.74, 6) is -2.03. The molecule has 0 radical (unpaired) electrons. The van der Waals surface area contributed by atoms with E-state index < -0.39 is 35.2 Å². The molecule has 3 aliphatic rings. The van der Waals surface area contributed by atoms with Crippen LogP contribution in [-0.4, -0.2) is 53.0 Å². The maximum absolute atomic E-state index is 14.0. The average molecular weight is 466 g/mol. The van der Waals surface area contributed by atoms with Crippen molar-refractivity contribution in [3.8, 4) is 5.75 Å². The first-order chi connectivity index (χ1) is 16.0. The van der Waals surface area contributed by atoms with E-state index in [0.717, 1.165) is 5.56 Å². The number of ketones is 1. The van der Waals surface area contributed by atoms with E-state index in [1.807, 2.05) is 12.1 Å². The summed E-state index contributed by atoms with van der Waals surface area (Å²) in [6.45, 7) is 3.66. The van der Waals surface area contributed by atoms with Crippen LogP contribution in [0.25, 0.3) is 0 Å². The SMILES string of the molecule is C[C@H](O)C(C(=O)NC12C(=O)c3c(N)cccc3C1(O)Oc1cc([C@H](C)C3CC3)ccc12)N(C)C. The molecule has 0 bridgehead atoms. The normalized spacial score (nSPS) is 27.4. The molecular weight excluding hydrogens is 434 g/mol. The fraction of sp³-hybridized carbons (Fsp3) is 0.462. The predicted molar refractivity (Wildman–Crippen MR) is 126 cm³/mol. The standard InChI is InChI=1S/C26H31N3O5/c1-13(15-8-9-15)16-10-11-17-20(12-16)34-26(33)18-6-5-7-19(27)21(18)23(31)25(17,26)28-24(32)22(14(2)30)29(3)4/h5-7,10-15,22,30,33H,8-9,27H2,1-4H3,(H,28,32)/t13-,14+,22?,25?,26?/m1/s1. The molecule has 1 amide bonds. The van der Waals surface area contributed by atoms with Crippen molar-refractivity contribution in [1.82, 2.24) is 10.2 Å². The van der Waals surface area contributed by atoms with Crippen LogP contribution >= 0.6 is 0 Å². The van der Waals surface area contributed by atoms with Gasteiger partial charge in [-0.2, -0.15) is 0 Å². The average Bonchev–Trinajstić information content (AvgIpc) is 3.55. The second kappa shape index (κ2) is 7.53. The topological polar surface area (TPSA) is 125 Å². The Morgan fingerprint density at radius 1 is 1.21 bits per heavy atom. The number of nitrogens with one attached hydrogen (secondary N) is 1. The van der Waals surface area contributed by atoms with Crippen molar-refractivity contribution < 1.29 is 24.5 Å². The van der Waals surface area contributed by atoms with Gasteiger partial charge in [-0.1, -0.05) is 31.2 Å². The number of nitrogens with zero attached hydrogens (tertiary/aromatic N) is 1. The summed E-state index contributed by atoms with van der Waals surface area (Å²) < 4.78 is 6.15. The number of likely N-dealkylation sites (N-methyl/N-ethyl adjacent to an activating group) is 1. The number of fused-ring (bicyclic) bond motifs is 5. The summed E-state index contributed by atoms with van der Waals surface area (Å²) in [6.07, 6.45) is 1.34. The van der Waals surface area contributed by atoms with Gasteiger partial charge in [0.1, 0.15) is 11.8 Å². The second-order valence-electron chi connectivity index (χ2n) is 10.1. The van der Waals surface area contributed by atoms with Gasteiger partial charge >= 0.3 is 0 Å². The number of nitrogens with two attached hydrogens (primary N) is 1. The van der Waals surface area contributed by atoms with Gasteiger partial charge in [-0.05, 0) is 63.4 Å². The van der Waals surface area contributed by atoms with E-state index in [9.17, 15) is 19.8 Å². The molecule has 1 fully saturated rings. The third kappa shape index (κ3) is 2.95. The van der Waals surface area contributed by atoms with Gasteiger partial charge in [-0.25, -0.2) is 0 Å². The number of rotatable bonds is 6. The Morgan fingerprint density at radius 3 is 2.53 bits per heavy atom. The van der Waals surface area contributed by atoms with Gasteiger partial charge in [0.25, 0.3) is 5.79 Å². The van der Waals surface area contributed by atoms with Crippen molar-refractivity contribution in [3.05, 3.63) is 58.7 Å². The summed E-state index contributed by atoms with van der Waals surface area (Å²) in [6, 6.07) is 9.41. The van der Waals surface area contributed by atoms with E-state index in [1.54, 1.807) is 43.3 Å². The molecular formula is C26H31N3O5. The maximum atomic E-state index is 14.0. The number of amides is 1. The Bertz CT molecular complexity index is 1180. The summed E-state index contributed by atoms with van der Waals surface area (Å²) in [5, 5.41) is 25.1. The number of carbonyl (C=O) groups is 2. The number of aliphatic hydroxyl groups excluding tert-OH is 1. The minimum absolute atomic E-state index is 0.129. The van der Waals surface area contributed by atoms with Gasteiger partial charge in [-0.15, -0.1) is 0 Å². The van der Waals surface area contributed by atoms with Crippen LogP contribution < -0.4 is 15.8 Å². The highest BCUT2D eigenvalue weighted by molar-refractivity contribution is 6.15. The molecule has 2 aromatic rings. The molecule has 0 aromatic heterocycles. The minimum Gasteiger partial charge on any atom is -0.454 e. The Kier molecular flexibility index (Phi) is 5.06. The third-order valence-electron chi connectivity index (χ3n) is 7.65. The van der Waals surface area contributed by atoms with E-state index in [-0.39, 0.29) is 16.8 Å². The summed E-state index contributed by atoms with van der Waals surface area (Å²) in [7, 11) is 3.32. The molecule has 2 aliphatic carbocycles. The molecule has 8 heteroatoms. The van der Waals surface area contributed by atoms with Gasteiger partial charge in [0.05, 0.1) is 11.7 Å². The van der Waals surface area contributed by atoms with Crippen molar-refractivity contribution in [1.29, 1.82) is 0 Å². The molecule has 34 heavy (non-hydrogen) atoms. The first-order valence-corrected chi connectivity index (χ1v) is 11.7. The van der Waals surface area contributed by atoms with E-state index in [1.165, 1.54) is 19.8 Å². The van der Waals surface area contributed by atoms with Crippen LogP contribution in [0.4, 0.5) is 5.69 Å². The molecule has 1 aliphatic heterocycles. The lowest BCUT2D eigenvalue weighted by atomic mass is 9.81. The Hall–Kier alpha value is -2.94. The van der Waals surface area contributed by atoms with Gasteiger partial charge in [-0.3, -0.25) is 14.5 Å². The van der Waals surface area contributed by atoms with Crippen LogP contribution in [0.1, 0.15) is 59.7 Å². The van der Waals surface area contributed by atoms with Crippen molar-refractivity contribution in [2.45, 2.75) is 56.1 Å². The molecule has 5 N–H and O–H groups in total. The lowest BCUT2D eigenvalue weighted by Crippen LogP contribution is -2.64. The van der Waals surface area contributed by atoms with Gasteiger partial charge in [0.15, 0.2) is 0 Å². The summed E-state index contributed by atoms with van der Waals surface area (Å²) in [5.41, 5.74) is 6.19. The minimum atomic E-state index is -2.18. The lowest BCUT2D eigenvalue weighted by Gasteiger charge is -2.37. The Balaban J connectivity index is 1.68. The Labute approximate surface area is 198 Å². The first kappa shape index (κ1) is 22.8. The molecule has 180 valence electrons. The highest BCUT2D eigenvalue weighted by Gasteiger charge is 2.72. The van der Waals surface area contributed by atoms with Gasteiger partial charge < -0.3 is 26.0 Å². The molecule has 0 saturated heterocycles. The van der Waals surface area contributed by atoms with Crippen molar-refractivity contribution >= 4 is 17.4 Å².